The third-order valence-electron chi connectivity index (χ3n) is 3.80. The number of carbonyl (C=O) groups excluding carboxylic acids is 2. The number of halogens is 2. The molecule has 1 amide bonds. The van der Waals surface area contributed by atoms with E-state index in [4.69, 9.17) is 4.74 Å². The molecule has 2 rings (SSSR count). The van der Waals surface area contributed by atoms with E-state index < -0.39 is 45.0 Å². The fourth-order valence-corrected chi connectivity index (χ4v) is 3.23. The van der Waals surface area contributed by atoms with Crippen LogP contribution in [0.5, 0.6) is 0 Å². The van der Waals surface area contributed by atoms with Gasteiger partial charge in [-0.05, 0) is 30.7 Å². The summed E-state index contributed by atoms with van der Waals surface area (Å²) in [6.07, 6.45) is -0.339. The van der Waals surface area contributed by atoms with Crippen LogP contribution in [0, 0.1) is 18.6 Å². The van der Waals surface area contributed by atoms with Crippen LogP contribution in [0.2, 0.25) is 0 Å². The number of amides is 1. The highest BCUT2D eigenvalue weighted by Gasteiger charge is 2.17. The van der Waals surface area contributed by atoms with E-state index in [1.807, 2.05) is 31.2 Å². The summed E-state index contributed by atoms with van der Waals surface area (Å²) >= 11 is 0. The highest BCUT2D eigenvalue weighted by molar-refractivity contribution is 7.89. The highest BCUT2D eigenvalue weighted by Crippen LogP contribution is 2.13. The van der Waals surface area contributed by atoms with Gasteiger partial charge < -0.3 is 10.1 Å². The van der Waals surface area contributed by atoms with Gasteiger partial charge in [-0.3, -0.25) is 9.59 Å². The molecule has 0 fully saturated rings. The van der Waals surface area contributed by atoms with Gasteiger partial charge in [-0.1, -0.05) is 29.8 Å². The molecule has 0 saturated carbocycles. The molecule has 0 unspecified atom stereocenters. The van der Waals surface area contributed by atoms with Gasteiger partial charge in [0.15, 0.2) is 18.2 Å². The molecule has 29 heavy (non-hydrogen) atoms. The van der Waals surface area contributed by atoms with Crippen molar-refractivity contribution < 1.29 is 31.5 Å². The summed E-state index contributed by atoms with van der Waals surface area (Å²) in [4.78, 5) is 22.9. The molecule has 2 N–H and O–H groups in total. The van der Waals surface area contributed by atoms with Crippen LogP contribution >= 0.6 is 0 Å². The number of carbonyl (C=O) groups is 2. The Labute approximate surface area is 167 Å². The minimum absolute atomic E-state index is 0.282. The first-order valence-corrected chi connectivity index (χ1v) is 10.1. The Bertz CT molecular complexity index is 979. The van der Waals surface area contributed by atoms with Crippen molar-refractivity contribution in [3.05, 3.63) is 65.2 Å². The second kappa shape index (κ2) is 10.1. The van der Waals surface area contributed by atoms with E-state index >= 15 is 0 Å². The highest BCUT2D eigenvalue weighted by atomic mass is 32.2. The maximum atomic E-state index is 13.1. The van der Waals surface area contributed by atoms with Crippen molar-refractivity contribution in [1.29, 1.82) is 0 Å². The van der Waals surface area contributed by atoms with Crippen molar-refractivity contribution in [2.75, 3.05) is 13.2 Å². The number of sulfonamides is 1. The quantitative estimate of drug-likeness (QED) is 0.596. The summed E-state index contributed by atoms with van der Waals surface area (Å²) in [5.41, 5.74) is 1.98. The molecule has 0 spiro atoms. The van der Waals surface area contributed by atoms with E-state index in [1.54, 1.807) is 0 Å². The van der Waals surface area contributed by atoms with Gasteiger partial charge in [-0.25, -0.2) is 21.9 Å². The van der Waals surface area contributed by atoms with Crippen LogP contribution in [0.15, 0.2) is 47.4 Å². The van der Waals surface area contributed by atoms with E-state index in [1.165, 1.54) is 0 Å². The molecule has 2 aromatic carbocycles. The van der Waals surface area contributed by atoms with Gasteiger partial charge in [-0.2, -0.15) is 0 Å². The van der Waals surface area contributed by atoms with Gasteiger partial charge in [0.25, 0.3) is 5.91 Å². The zero-order valence-electron chi connectivity index (χ0n) is 15.6. The predicted octanol–water partition coefficient (Wildman–Crippen LogP) is 1.80. The van der Waals surface area contributed by atoms with Crippen molar-refractivity contribution in [1.82, 2.24) is 10.0 Å². The normalized spacial score (nSPS) is 11.1. The summed E-state index contributed by atoms with van der Waals surface area (Å²) in [6.45, 7) is 1.40. The lowest BCUT2D eigenvalue weighted by Crippen LogP contribution is -2.30. The van der Waals surface area contributed by atoms with Crippen molar-refractivity contribution in [3.8, 4) is 0 Å². The van der Waals surface area contributed by atoms with E-state index in [0.29, 0.717) is 12.1 Å². The van der Waals surface area contributed by atoms with Crippen molar-refractivity contribution >= 4 is 21.9 Å². The number of aryl methyl sites for hydroxylation is 1. The van der Waals surface area contributed by atoms with Crippen molar-refractivity contribution in [2.45, 2.75) is 24.8 Å². The standard InChI is InChI=1S/C19H20F2N2O5S/c1-13-2-4-14(5-3-13)11-22-18(24)12-28-19(25)8-9-23-29(26,27)15-6-7-16(20)17(21)10-15/h2-7,10,23H,8-9,11-12H2,1H3,(H,22,24). The second-order valence-corrected chi connectivity index (χ2v) is 7.91. The molecule has 0 aliphatic heterocycles. The molecule has 0 heterocycles. The molecule has 0 bridgehead atoms. The Morgan fingerprint density at radius 2 is 1.72 bits per heavy atom. The van der Waals surface area contributed by atoms with Crippen molar-refractivity contribution in [2.24, 2.45) is 0 Å². The summed E-state index contributed by atoms with van der Waals surface area (Å²) in [6, 6.07) is 9.66. The molecule has 0 saturated heterocycles. The van der Waals surface area contributed by atoms with Gasteiger partial charge >= 0.3 is 5.97 Å². The molecular weight excluding hydrogens is 406 g/mol. The van der Waals surface area contributed by atoms with E-state index in [2.05, 4.69) is 10.0 Å². The lowest BCUT2D eigenvalue weighted by molar-refractivity contribution is -0.148. The molecule has 0 aliphatic rings. The predicted molar refractivity (Wildman–Crippen MR) is 100 cm³/mol. The van der Waals surface area contributed by atoms with E-state index in [9.17, 15) is 26.8 Å². The van der Waals surface area contributed by atoms with Crippen molar-refractivity contribution in [3.63, 3.8) is 0 Å². The van der Waals surface area contributed by atoms with Gasteiger partial charge in [0, 0.05) is 13.1 Å². The summed E-state index contributed by atoms with van der Waals surface area (Å²) in [5, 5.41) is 2.59. The van der Waals surface area contributed by atoms with Gasteiger partial charge in [0.2, 0.25) is 10.0 Å². The van der Waals surface area contributed by atoms with Crippen LogP contribution in [0.4, 0.5) is 8.78 Å². The van der Waals surface area contributed by atoms with Crippen LogP contribution in [-0.4, -0.2) is 33.4 Å². The topological polar surface area (TPSA) is 102 Å². The number of nitrogens with one attached hydrogen (secondary N) is 2. The van der Waals surface area contributed by atoms with Gasteiger partial charge in [-0.15, -0.1) is 0 Å². The molecule has 156 valence electrons. The van der Waals surface area contributed by atoms with Gasteiger partial charge in [0.05, 0.1) is 11.3 Å². The molecule has 2 aromatic rings. The maximum absolute atomic E-state index is 13.1. The molecule has 10 heteroatoms. The lowest BCUT2D eigenvalue weighted by atomic mass is 10.1. The number of hydrogen-bond acceptors (Lipinski definition) is 5. The van der Waals surface area contributed by atoms with E-state index in [-0.39, 0.29) is 19.5 Å². The van der Waals surface area contributed by atoms with Crippen LogP contribution < -0.4 is 10.0 Å². The first-order valence-electron chi connectivity index (χ1n) is 8.60. The lowest BCUT2D eigenvalue weighted by Gasteiger charge is -2.08. The fraction of sp³-hybridized carbons (Fsp3) is 0.263. The molecule has 0 aromatic heterocycles. The monoisotopic (exact) mass is 426 g/mol. The molecular formula is C19H20F2N2O5S. The maximum Gasteiger partial charge on any atom is 0.307 e. The fourth-order valence-electron chi connectivity index (χ4n) is 2.19. The first-order chi connectivity index (χ1) is 13.7. The van der Waals surface area contributed by atoms with Crippen LogP contribution in [0.1, 0.15) is 17.5 Å². The number of hydrogen-bond donors (Lipinski definition) is 2. The number of ether oxygens (including phenoxy) is 1. The SMILES string of the molecule is Cc1ccc(CNC(=O)COC(=O)CCNS(=O)(=O)c2ccc(F)c(F)c2)cc1. The smallest absolute Gasteiger partial charge is 0.307 e. The Morgan fingerprint density at radius 3 is 2.38 bits per heavy atom. The average molecular weight is 426 g/mol. The summed E-state index contributed by atoms with van der Waals surface area (Å²) in [5.74, 6) is -3.76. The number of benzene rings is 2. The molecule has 0 radical (unpaired) electrons. The van der Waals surface area contributed by atoms with Crippen LogP contribution in [-0.2, 0) is 30.9 Å². The van der Waals surface area contributed by atoms with Crippen LogP contribution in [0.25, 0.3) is 0 Å². The Kier molecular flexibility index (Phi) is 7.80. The molecule has 0 atom stereocenters. The Hall–Kier alpha value is -2.85. The van der Waals surface area contributed by atoms with Gasteiger partial charge in [0.1, 0.15) is 0 Å². The molecule has 7 nitrogen and oxygen atoms in total. The third-order valence-corrected chi connectivity index (χ3v) is 5.26. The summed E-state index contributed by atoms with van der Waals surface area (Å²) in [7, 11) is -4.11. The zero-order chi connectivity index (χ0) is 21.4. The summed E-state index contributed by atoms with van der Waals surface area (Å²) < 4.78 is 56.8. The second-order valence-electron chi connectivity index (χ2n) is 6.15. The zero-order valence-corrected chi connectivity index (χ0v) is 16.4. The molecule has 0 aliphatic carbocycles. The first kappa shape index (κ1) is 22.4. The average Bonchev–Trinajstić information content (AvgIpc) is 2.67. The number of esters is 1. The third kappa shape index (κ3) is 7.24. The Balaban J connectivity index is 1.70. The minimum Gasteiger partial charge on any atom is -0.456 e. The largest absolute Gasteiger partial charge is 0.456 e. The Morgan fingerprint density at radius 1 is 1.03 bits per heavy atom. The van der Waals surface area contributed by atoms with Crippen LogP contribution in [0.3, 0.4) is 0 Å². The minimum atomic E-state index is -4.11. The number of rotatable bonds is 9. The van der Waals surface area contributed by atoms with E-state index in [0.717, 1.165) is 17.2 Å².